The summed E-state index contributed by atoms with van der Waals surface area (Å²) in [6.07, 6.45) is 0. The normalized spacial score (nSPS) is 10.5. The van der Waals surface area contributed by atoms with Gasteiger partial charge in [0.15, 0.2) is 0 Å². The summed E-state index contributed by atoms with van der Waals surface area (Å²) in [6.45, 7) is 0. The number of methoxy groups -OCH3 is 1. The lowest BCUT2D eigenvalue weighted by molar-refractivity contribution is 0.379. The largest absolute Gasteiger partial charge is 0.467 e. The fourth-order valence-corrected chi connectivity index (χ4v) is 2.51. The van der Waals surface area contributed by atoms with E-state index in [9.17, 15) is 0 Å². The lowest BCUT2D eigenvalue weighted by Crippen LogP contribution is -2.13. The first-order valence-corrected chi connectivity index (χ1v) is 6.67. The molecule has 0 radical (unpaired) electrons. The van der Waals surface area contributed by atoms with Gasteiger partial charge in [-0.05, 0) is 35.0 Å². The lowest BCUT2D eigenvalue weighted by atomic mass is 10.2. The van der Waals surface area contributed by atoms with Gasteiger partial charge >= 0.3 is 6.01 Å². The molecule has 0 aliphatic carbocycles. The third kappa shape index (κ3) is 2.46. The average Bonchev–Trinajstić information content (AvgIpc) is 2.94. The number of hydrogen-bond acceptors (Lipinski definition) is 8. The van der Waals surface area contributed by atoms with Gasteiger partial charge in [0.05, 0.1) is 7.11 Å². The van der Waals surface area contributed by atoms with Gasteiger partial charge in [-0.3, -0.25) is 5.43 Å². The third-order valence-electron chi connectivity index (χ3n) is 2.64. The van der Waals surface area contributed by atoms with Gasteiger partial charge in [-0.25, -0.2) is 5.84 Å². The quantitative estimate of drug-likeness (QED) is 0.499. The van der Waals surface area contributed by atoms with Gasteiger partial charge in [-0.1, -0.05) is 0 Å². The first-order valence-electron chi connectivity index (χ1n) is 5.79. The Morgan fingerprint density at radius 2 is 2.00 bits per heavy atom. The highest BCUT2D eigenvalue weighted by Crippen LogP contribution is 2.25. The minimum Gasteiger partial charge on any atom is -0.467 e. The van der Waals surface area contributed by atoms with Crippen molar-refractivity contribution in [2.24, 2.45) is 5.84 Å². The van der Waals surface area contributed by atoms with E-state index < -0.39 is 0 Å². The molecule has 8 heteroatoms. The number of nitrogens with zero attached hydrogens (tertiary/aromatic N) is 3. The van der Waals surface area contributed by atoms with Crippen molar-refractivity contribution in [2.45, 2.75) is 0 Å². The average molecular weight is 288 g/mol. The summed E-state index contributed by atoms with van der Waals surface area (Å²) < 4.78 is 6.23. The van der Waals surface area contributed by atoms with Crippen LogP contribution in [0.2, 0.25) is 0 Å². The van der Waals surface area contributed by atoms with Gasteiger partial charge in [0.1, 0.15) is 0 Å². The first kappa shape index (κ1) is 12.6. The SMILES string of the molecule is COc1nc(NN)nc(Nc2ccc3sccc3c2)n1. The van der Waals surface area contributed by atoms with Crippen LogP contribution in [0.4, 0.5) is 17.6 Å². The summed E-state index contributed by atoms with van der Waals surface area (Å²) in [5.41, 5.74) is 3.25. The van der Waals surface area contributed by atoms with E-state index in [1.54, 1.807) is 11.3 Å². The molecule has 0 atom stereocenters. The maximum absolute atomic E-state index is 5.31. The molecule has 0 amide bonds. The molecule has 0 unspecified atom stereocenters. The molecule has 2 aromatic heterocycles. The predicted octanol–water partition coefficient (Wildman–Crippen LogP) is 2.12. The molecular weight excluding hydrogens is 276 g/mol. The molecule has 2 heterocycles. The zero-order valence-electron chi connectivity index (χ0n) is 10.6. The van der Waals surface area contributed by atoms with E-state index >= 15 is 0 Å². The van der Waals surface area contributed by atoms with Crippen LogP contribution in [0.3, 0.4) is 0 Å². The van der Waals surface area contributed by atoms with Crippen molar-refractivity contribution >= 4 is 39.0 Å². The van der Waals surface area contributed by atoms with E-state index in [0.717, 1.165) is 11.1 Å². The van der Waals surface area contributed by atoms with E-state index in [0.29, 0.717) is 5.95 Å². The van der Waals surface area contributed by atoms with Crippen molar-refractivity contribution in [3.63, 3.8) is 0 Å². The zero-order valence-corrected chi connectivity index (χ0v) is 11.4. The molecule has 0 aliphatic heterocycles. The number of hydrazine groups is 1. The molecule has 20 heavy (non-hydrogen) atoms. The monoisotopic (exact) mass is 288 g/mol. The number of thiophene rings is 1. The maximum Gasteiger partial charge on any atom is 0.322 e. The summed E-state index contributed by atoms with van der Waals surface area (Å²) in [5, 5.41) is 6.32. The second-order valence-electron chi connectivity index (χ2n) is 3.91. The van der Waals surface area contributed by atoms with Crippen molar-refractivity contribution < 1.29 is 4.74 Å². The number of hydrogen-bond donors (Lipinski definition) is 3. The lowest BCUT2D eigenvalue weighted by Gasteiger charge is -2.07. The number of rotatable bonds is 4. The summed E-state index contributed by atoms with van der Waals surface area (Å²) in [6, 6.07) is 8.28. The number of nitrogen functional groups attached to an aromatic ring is 1. The summed E-state index contributed by atoms with van der Waals surface area (Å²) in [5.74, 6) is 5.90. The smallest absolute Gasteiger partial charge is 0.322 e. The van der Waals surface area contributed by atoms with Crippen molar-refractivity contribution in [3.8, 4) is 6.01 Å². The Morgan fingerprint density at radius 3 is 2.80 bits per heavy atom. The summed E-state index contributed by atoms with van der Waals surface area (Å²) in [7, 11) is 1.48. The van der Waals surface area contributed by atoms with Crippen molar-refractivity contribution in [1.29, 1.82) is 0 Å². The first-order chi connectivity index (χ1) is 9.78. The van der Waals surface area contributed by atoms with E-state index in [1.807, 2.05) is 18.2 Å². The standard InChI is InChI=1S/C12H12N6OS/c1-19-12-16-10(15-11(17-12)18-13)14-8-2-3-9-7(6-8)4-5-20-9/h2-6H,13H2,1H3,(H2,14,15,16,17,18). The molecule has 0 spiro atoms. The number of nitrogens with one attached hydrogen (secondary N) is 2. The molecule has 102 valence electrons. The molecule has 0 fully saturated rings. The molecule has 3 aromatic rings. The van der Waals surface area contributed by atoms with Crippen LogP contribution < -0.4 is 21.3 Å². The molecule has 1 aromatic carbocycles. The summed E-state index contributed by atoms with van der Waals surface area (Å²) >= 11 is 1.70. The minimum atomic E-state index is 0.187. The second-order valence-corrected chi connectivity index (χ2v) is 4.86. The zero-order chi connectivity index (χ0) is 13.9. The highest BCUT2D eigenvalue weighted by molar-refractivity contribution is 7.17. The molecule has 3 rings (SSSR count). The molecule has 4 N–H and O–H groups in total. The van der Waals surface area contributed by atoms with Gasteiger partial charge in [-0.2, -0.15) is 15.0 Å². The van der Waals surface area contributed by atoms with Gasteiger partial charge in [0.2, 0.25) is 11.9 Å². The molecule has 0 bridgehead atoms. The number of aromatic nitrogens is 3. The summed E-state index contributed by atoms with van der Waals surface area (Å²) in [4.78, 5) is 12.2. The van der Waals surface area contributed by atoms with Crippen LogP contribution in [-0.4, -0.2) is 22.1 Å². The van der Waals surface area contributed by atoms with Gasteiger partial charge in [0, 0.05) is 10.4 Å². The number of ether oxygens (including phenoxy) is 1. The fourth-order valence-electron chi connectivity index (χ4n) is 1.74. The van der Waals surface area contributed by atoms with Crippen molar-refractivity contribution in [1.82, 2.24) is 15.0 Å². The van der Waals surface area contributed by atoms with Crippen LogP contribution in [0.5, 0.6) is 6.01 Å². The number of benzene rings is 1. The van der Waals surface area contributed by atoms with Gasteiger partial charge in [-0.15, -0.1) is 11.3 Å². The van der Waals surface area contributed by atoms with Crippen molar-refractivity contribution in [2.75, 3.05) is 17.9 Å². The van der Waals surface area contributed by atoms with Crippen LogP contribution in [0.15, 0.2) is 29.6 Å². The molecular formula is C12H12N6OS. The fraction of sp³-hybridized carbons (Fsp3) is 0.0833. The maximum atomic E-state index is 5.31. The molecule has 7 nitrogen and oxygen atoms in total. The molecule has 0 saturated heterocycles. The van der Waals surface area contributed by atoms with Gasteiger partial charge in [0.25, 0.3) is 0 Å². The number of nitrogens with two attached hydrogens (primary N) is 1. The number of fused-ring (bicyclic) bond motifs is 1. The Hall–Kier alpha value is -2.45. The predicted molar refractivity (Wildman–Crippen MR) is 79.3 cm³/mol. The second kappa shape index (κ2) is 5.27. The highest BCUT2D eigenvalue weighted by atomic mass is 32.1. The van der Waals surface area contributed by atoms with Gasteiger partial charge < -0.3 is 10.1 Å². The Kier molecular flexibility index (Phi) is 3.32. The minimum absolute atomic E-state index is 0.187. The highest BCUT2D eigenvalue weighted by Gasteiger charge is 2.06. The molecule has 0 saturated carbocycles. The topological polar surface area (TPSA) is 98.0 Å². The Labute approximate surface area is 118 Å². The molecule has 0 aliphatic rings. The van der Waals surface area contributed by atoms with E-state index in [4.69, 9.17) is 10.6 Å². The Bertz CT molecular complexity index is 721. The number of anilines is 3. The van der Waals surface area contributed by atoms with E-state index in [1.165, 1.54) is 11.8 Å². The van der Waals surface area contributed by atoms with Crippen LogP contribution in [0.25, 0.3) is 10.1 Å². The van der Waals surface area contributed by atoms with E-state index in [2.05, 4.69) is 37.1 Å². The van der Waals surface area contributed by atoms with Crippen LogP contribution >= 0.6 is 11.3 Å². The van der Waals surface area contributed by atoms with Crippen LogP contribution in [-0.2, 0) is 0 Å². The Balaban J connectivity index is 1.92. The van der Waals surface area contributed by atoms with Crippen LogP contribution in [0, 0.1) is 0 Å². The van der Waals surface area contributed by atoms with Crippen molar-refractivity contribution in [3.05, 3.63) is 29.6 Å². The van der Waals surface area contributed by atoms with Crippen LogP contribution in [0.1, 0.15) is 0 Å². The third-order valence-corrected chi connectivity index (χ3v) is 3.53. The van der Waals surface area contributed by atoms with E-state index in [-0.39, 0.29) is 12.0 Å². The Morgan fingerprint density at radius 1 is 1.15 bits per heavy atom.